The van der Waals surface area contributed by atoms with Crippen molar-refractivity contribution in [2.24, 2.45) is 0 Å². The maximum atomic E-state index is 13.0. The Labute approximate surface area is 169 Å². The zero-order valence-electron chi connectivity index (χ0n) is 17.3. The molecule has 1 amide bonds. The summed E-state index contributed by atoms with van der Waals surface area (Å²) < 4.78 is 34.8. The van der Waals surface area contributed by atoms with Crippen LogP contribution in [0.2, 0.25) is 0 Å². The second-order valence-electron chi connectivity index (χ2n) is 8.67. The van der Waals surface area contributed by atoms with Crippen molar-refractivity contribution in [3.05, 3.63) is 11.8 Å². The molecule has 2 N–H and O–H groups in total. The zero-order chi connectivity index (χ0) is 21.4. The number of hydrogen-bond donors (Lipinski definition) is 2. The molecule has 1 aliphatic heterocycles. The largest absolute Gasteiger partial charge is 0.381 e. The van der Waals surface area contributed by atoms with Gasteiger partial charge in [-0.2, -0.15) is 0 Å². The number of nitrogens with zero attached hydrogens (tertiary/aromatic N) is 3. The fourth-order valence-corrected chi connectivity index (χ4v) is 4.92. The van der Waals surface area contributed by atoms with E-state index in [1.807, 2.05) is 20.8 Å². The first-order valence-corrected chi connectivity index (χ1v) is 11.0. The standard InChI is InChI=1S/C18H27N5O5S/c1-17(2,3)13-10-12(28-23-13)14-19-16(22-21-14)20-15(24)18(4,5)29(25,26)11-6-8-27-9-7-11/h10-11H,6-9H2,1-5H3,(H2,19,20,21,22,24). The molecular weight excluding hydrogens is 398 g/mol. The molecule has 0 spiro atoms. The Bertz CT molecular complexity index is 980. The average molecular weight is 426 g/mol. The normalized spacial score (nSPS) is 16.7. The van der Waals surface area contributed by atoms with E-state index >= 15 is 0 Å². The fourth-order valence-electron chi connectivity index (χ4n) is 2.96. The predicted octanol–water partition coefficient (Wildman–Crippen LogP) is 2.07. The van der Waals surface area contributed by atoms with Crippen LogP contribution in [0.3, 0.4) is 0 Å². The summed E-state index contributed by atoms with van der Waals surface area (Å²) in [6.07, 6.45) is 0.764. The maximum absolute atomic E-state index is 13.0. The average Bonchev–Trinajstić information content (AvgIpc) is 3.31. The molecule has 160 valence electrons. The minimum atomic E-state index is -3.72. The highest BCUT2D eigenvalue weighted by molar-refractivity contribution is 7.94. The summed E-state index contributed by atoms with van der Waals surface area (Å²) in [4.78, 5) is 15.6. The van der Waals surface area contributed by atoms with E-state index in [4.69, 9.17) is 9.26 Å². The number of aromatic nitrogens is 4. The van der Waals surface area contributed by atoms with Gasteiger partial charge in [-0.1, -0.05) is 25.9 Å². The van der Waals surface area contributed by atoms with E-state index in [2.05, 4.69) is 25.7 Å². The van der Waals surface area contributed by atoms with Crippen molar-refractivity contribution in [2.45, 2.75) is 62.9 Å². The number of aromatic amines is 1. The summed E-state index contributed by atoms with van der Waals surface area (Å²) in [5.41, 5.74) is 0.555. The summed E-state index contributed by atoms with van der Waals surface area (Å²) in [7, 11) is -3.72. The van der Waals surface area contributed by atoms with Crippen LogP contribution in [0, 0.1) is 0 Å². The van der Waals surface area contributed by atoms with Gasteiger partial charge >= 0.3 is 0 Å². The highest BCUT2D eigenvalue weighted by atomic mass is 32.2. The summed E-state index contributed by atoms with van der Waals surface area (Å²) in [6, 6.07) is 1.74. The molecule has 11 heteroatoms. The van der Waals surface area contributed by atoms with Crippen LogP contribution in [0.15, 0.2) is 10.6 Å². The number of ether oxygens (including phenoxy) is 1. The monoisotopic (exact) mass is 425 g/mol. The number of carbonyl (C=O) groups excluding carboxylic acids is 1. The van der Waals surface area contributed by atoms with Crippen molar-refractivity contribution < 1.29 is 22.5 Å². The van der Waals surface area contributed by atoms with Gasteiger partial charge in [0.1, 0.15) is 4.75 Å². The minimum absolute atomic E-state index is 0.0361. The van der Waals surface area contributed by atoms with Crippen LogP contribution >= 0.6 is 0 Å². The summed E-state index contributed by atoms with van der Waals surface area (Å²) in [5, 5.41) is 13.7. The molecule has 3 heterocycles. The highest BCUT2D eigenvalue weighted by Gasteiger charge is 2.46. The molecule has 0 atom stereocenters. The Kier molecular flexibility index (Phi) is 5.56. The molecule has 2 aromatic rings. The van der Waals surface area contributed by atoms with Gasteiger partial charge < -0.3 is 14.2 Å². The third-order valence-electron chi connectivity index (χ3n) is 5.10. The van der Waals surface area contributed by atoms with Crippen LogP contribution in [-0.4, -0.2) is 57.9 Å². The third kappa shape index (κ3) is 4.20. The van der Waals surface area contributed by atoms with E-state index in [1.165, 1.54) is 13.8 Å². The van der Waals surface area contributed by atoms with Gasteiger partial charge in [-0.05, 0) is 26.7 Å². The molecule has 3 rings (SSSR count). The summed E-state index contributed by atoms with van der Waals surface area (Å²) in [6.45, 7) is 9.55. The van der Waals surface area contributed by atoms with Crippen molar-refractivity contribution >= 4 is 21.7 Å². The van der Waals surface area contributed by atoms with Gasteiger partial charge in [0, 0.05) is 24.7 Å². The molecule has 0 unspecified atom stereocenters. The van der Waals surface area contributed by atoms with E-state index in [1.54, 1.807) is 6.07 Å². The maximum Gasteiger partial charge on any atom is 0.247 e. The van der Waals surface area contributed by atoms with Gasteiger partial charge in [-0.15, -0.1) is 10.2 Å². The second kappa shape index (κ2) is 7.52. The molecule has 0 aromatic carbocycles. The van der Waals surface area contributed by atoms with Gasteiger partial charge in [0.25, 0.3) is 0 Å². The number of nitrogens with one attached hydrogen (secondary N) is 2. The summed E-state index contributed by atoms with van der Waals surface area (Å²) >= 11 is 0. The van der Waals surface area contributed by atoms with Gasteiger partial charge in [0.2, 0.25) is 23.4 Å². The van der Waals surface area contributed by atoms with E-state index in [0.717, 1.165) is 5.69 Å². The van der Waals surface area contributed by atoms with Crippen LogP contribution in [0.4, 0.5) is 5.95 Å². The van der Waals surface area contributed by atoms with Crippen LogP contribution < -0.4 is 5.32 Å². The van der Waals surface area contributed by atoms with Crippen molar-refractivity contribution in [1.29, 1.82) is 0 Å². The van der Waals surface area contributed by atoms with Crippen LogP contribution in [0.1, 0.15) is 53.2 Å². The molecule has 1 aliphatic rings. The first-order chi connectivity index (χ1) is 13.4. The molecule has 0 saturated carbocycles. The second-order valence-corrected chi connectivity index (χ2v) is 11.4. The molecule has 1 fully saturated rings. The van der Waals surface area contributed by atoms with E-state index in [0.29, 0.717) is 31.8 Å². The van der Waals surface area contributed by atoms with E-state index < -0.39 is 25.7 Å². The number of rotatable bonds is 5. The van der Waals surface area contributed by atoms with E-state index in [9.17, 15) is 13.2 Å². The lowest BCUT2D eigenvalue weighted by Gasteiger charge is -2.30. The first-order valence-electron chi connectivity index (χ1n) is 9.46. The Morgan fingerprint density at radius 3 is 2.41 bits per heavy atom. The third-order valence-corrected chi connectivity index (χ3v) is 8.05. The molecular formula is C18H27N5O5S. The smallest absolute Gasteiger partial charge is 0.247 e. The lowest BCUT2D eigenvalue weighted by molar-refractivity contribution is -0.117. The molecule has 10 nitrogen and oxygen atoms in total. The first kappa shape index (κ1) is 21.4. The quantitative estimate of drug-likeness (QED) is 0.742. The molecule has 2 aromatic heterocycles. The van der Waals surface area contributed by atoms with Crippen molar-refractivity contribution in [2.75, 3.05) is 18.5 Å². The summed E-state index contributed by atoms with van der Waals surface area (Å²) in [5.74, 6) is 0.0130. The number of H-pyrrole nitrogens is 1. The molecule has 0 radical (unpaired) electrons. The predicted molar refractivity (Wildman–Crippen MR) is 106 cm³/mol. The topological polar surface area (TPSA) is 140 Å². The Hall–Kier alpha value is -2.27. The number of carbonyl (C=O) groups is 1. The SMILES string of the molecule is CC(C)(C)c1cc(-c2nnc(NC(=O)C(C)(C)S(=O)(=O)C3CCOCC3)[nH]2)on1. The highest BCUT2D eigenvalue weighted by Crippen LogP contribution is 2.29. The van der Waals surface area contributed by atoms with Crippen LogP contribution in [0.25, 0.3) is 11.6 Å². The fraction of sp³-hybridized carbons (Fsp3) is 0.667. The number of anilines is 1. The van der Waals surface area contributed by atoms with Crippen molar-refractivity contribution in [3.8, 4) is 11.6 Å². The minimum Gasteiger partial charge on any atom is -0.381 e. The van der Waals surface area contributed by atoms with Gasteiger partial charge in [-0.25, -0.2) is 8.42 Å². The molecule has 0 aliphatic carbocycles. The number of sulfone groups is 1. The van der Waals surface area contributed by atoms with Crippen molar-refractivity contribution in [3.63, 3.8) is 0 Å². The number of amides is 1. The van der Waals surface area contributed by atoms with Gasteiger partial charge in [0.05, 0.1) is 10.9 Å². The van der Waals surface area contributed by atoms with Crippen molar-refractivity contribution in [1.82, 2.24) is 20.3 Å². The lowest BCUT2D eigenvalue weighted by Crippen LogP contribution is -2.50. The lowest BCUT2D eigenvalue weighted by atomic mass is 9.92. The Morgan fingerprint density at radius 1 is 1.17 bits per heavy atom. The van der Waals surface area contributed by atoms with Gasteiger partial charge in [-0.3, -0.25) is 10.1 Å². The zero-order valence-corrected chi connectivity index (χ0v) is 18.1. The van der Waals surface area contributed by atoms with Gasteiger partial charge in [0.15, 0.2) is 9.84 Å². The Morgan fingerprint density at radius 2 is 1.83 bits per heavy atom. The van der Waals surface area contributed by atoms with Crippen LogP contribution in [-0.2, 0) is 24.8 Å². The number of hydrogen-bond acceptors (Lipinski definition) is 8. The van der Waals surface area contributed by atoms with E-state index in [-0.39, 0.29) is 17.2 Å². The molecule has 0 bridgehead atoms. The van der Waals surface area contributed by atoms with Crippen LogP contribution in [0.5, 0.6) is 0 Å². The Balaban J connectivity index is 1.75. The molecule has 1 saturated heterocycles. The molecule has 29 heavy (non-hydrogen) atoms.